The minimum absolute atomic E-state index is 0.345. The fourth-order valence-electron chi connectivity index (χ4n) is 2.24. The van der Waals surface area contributed by atoms with Crippen LogP contribution < -0.4 is 10.1 Å². The second-order valence-corrected chi connectivity index (χ2v) is 5.90. The van der Waals surface area contributed by atoms with E-state index < -0.39 is 0 Å². The van der Waals surface area contributed by atoms with Gasteiger partial charge in [0, 0.05) is 36.8 Å². The molecule has 5 heteroatoms. The van der Waals surface area contributed by atoms with Gasteiger partial charge in [-0.1, -0.05) is 24.8 Å². The minimum atomic E-state index is 0.345. The Morgan fingerprint density at radius 3 is 2.86 bits per heavy atom. The highest BCUT2D eigenvalue weighted by Crippen LogP contribution is 2.29. The summed E-state index contributed by atoms with van der Waals surface area (Å²) in [6.07, 6.45) is 3.78. The van der Waals surface area contributed by atoms with E-state index in [1.54, 1.807) is 18.9 Å². The summed E-state index contributed by atoms with van der Waals surface area (Å²) in [5, 5.41) is 4.46. The number of methoxy groups -OCH3 is 1. The van der Waals surface area contributed by atoms with E-state index in [0.717, 1.165) is 23.2 Å². The molecule has 0 aliphatic heterocycles. The highest BCUT2D eigenvalue weighted by molar-refractivity contribution is 7.98. The van der Waals surface area contributed by atoms with E-state index in [9.17, 15) is 0 Å². The third kappa shape index (κ3) is 4.02. The third-order valence-electron chi connectivity index (χ3n) is 3.45. The Hall–Kier alpha value is -1.46. The predicted octanol–water partition coefficient (Wildman–Crippen LogP) is 3.39. The Morgan fingerprint density at radius 2 is 2.24 bits per heavy atom. The summed E-state index contributed by atoms with van der Waals surface area (Å²) >= 11 is 1.72. The van der Waals surface area contributed by atoms with Crippen LogP contribution in [0.1, 0.15) is 31.0 Å². The van der Waals surface area contributed by atoms with E-state index in [0.29, 0.717) is 6.04 Å². The van der Waals surface area contributed by atoms with Crippen LogP contribution in [0.5, 0.6) is 5.75 Å². The predicted molar refractivity (Wildman–Crippen MR) is 87.9 cm³/mol. The van der Waals surface area contributed by atoms with Crippen molar-refractivity contribution in [3.8, 4) is 5.75 Å². The molecule has 0 amide bonds. The summed E-state index contributed by atoms with van der Waals surface area (Å²) in [6, 6.07) is 6.75. The molecule has 0 saturated carbocycles. The van der Waals surface area contributed by atoms with Crippen LogP contribution in [0.25, 0.3) is 0 Å². The van der Waals surface area contributed by atoms with Crippen LogP contribution in [-0.4, -0.2) is 23.2 Å². The lowest BCUT2D eigenvalue weighted by Crippen LogP contribution is -2.17. The Morgan fingerprint density at radius 1 is 1.43 bits per heavy atom. The topological polar surface area (TPSA) is 39.1 Å². The van der Waals surface area contributed by atoms with Crippen LogP contribution in [0, 0.1) is 0 Å². The Balaban J connectivity index is 2.15. The zero-order valence-electron chi connectivity index (χ0n) is 13.1. The van der Waals surface area contributed by atoms with E-state index in [1.165, 1.54) is 11.1 Å². The highest BCUT2D eigenvalue weighted by Gasteiger charge is 2.10. The molecule has 1 N–H and O–H groups in total. The van der Waals surface area contributed by atoms with Crippen molar-refractivity contribution < 1.29 is 4.74 Å². The molecule has 0 bridgehead atoms. The van der Waals surface area contributed by atoms with Gasteiger partial charge in [0.15, 0.2) is 5.16 Å². The van der Waals surface area contributed by atoms with Crippen molar-refractivity contribution in [2.45, 2.75) is 30.8 Å². The number of aromatic nitrogens is 2. The average Bonchev–Trinajstić information content (AvgIpc) is 2.90. The average molecular weight is 305 g/mol. The molecular formula is C16H23N3OS. The van der Waals surface area contributed by atoms with Gasteiger partial charge in [0.1, 0.15) is 5.75 Å². The van der Waals surface area contributed by atoms with Crippen molar-refractivity contribution in [1.29, 1.82) is 0 Å². The van der Waals surface area contributed by atoms with Crippen molar-refractivity contribution in [2.24, 2.45) is 7.05 Å². The maximum absolute atomic E-state index is 5.48. The zero-order valence-corrected chi connectivity index (χ0v) is 13.9. The van der Waals surface area contributed by atoms with E-state index in [2.05, 4.69) is 42.3 Å². The summed E-state index contributed by atoms with van der Waals surface area (Å²) in [7, 11) is 3.73. The number of aryl methyl sites for hydroxylation is 1. The van der Waals surface area contributed by atoms with Gasteiger partial charge in [-0.05, 0) is 31.2 Å². The van der Waals surface area contributed by atoms with Crippen LogP contribution in [-0.2, 0) is 12.8 Å². The second-order valence-electron chi connectivity index (χ2n) is 4.96. The second kappa shape index (κ2) is 7.52. The first-order chi connectivity index (χ1) is 10.2. The van der Waals surface area contributed by atoms with E-state index in [1.807, 2.05) is 24.0 Å². The molecule has 0 aliphatic carbocycles. The standard InChI is InChI=1S/C16H23N3OS/c1-5-17-12(2)13-6-7-15(20-4)14(10-13)11-21-16-18-8-9-19(16)3/h6-10,12,17H,5,11H2,1-4H3. The van der Waals surface area contributed by atoms with Crippen LogP contribution in [0.4, 0.5) is 0 Å². The summed E-state index contributed by atoms with van der Waals surface area (Å²) < 4.78 is 7.51. The van der Waals surface area contributed by atoms with Gasteiger partial charge in [0.2, 0.25) is 0 Å². The first kappa shape index (κ1) is 15.9. The normalized spacial score (nSPS) is 12.4. The molecule has 0 saturated heterocycles. The molecule has 0 fully saturated rings. The van der Waals surface area contributed by atoms with Crippen molar-refractivity contribution in [1.82, 2.24) is 14.9 Å². The number of ether oxygens (including phenoxy) is 1. The van der Waals surface area contributed by atoms with Crippen LogP contribution >= 0.6 is 11.8 Å². The number of rotatable bonds is 7. The monoisotopic (exact) mass is 305 g/mol. The molecule has 2 rings (SSSR count). The van der Waals surface area contributed by atoms with Gasteiger partial charge in [-0.2, -0.15) is 0 Å². The maximum atomic E-state index is 5.48. The van der Waals surface area contributed by atoms with E-state index in [-0.39, 0.29) is 0 Å². The molecule has 1 atom stereocenters. The van der Waals surface area contributed by atoms with E-state index in [4.69, 9.17) is 4.74 Å². The first-order valence-corrected chi connectivity index (χ1v) is 8.14. The highest BCUT2D eigenvalue weighted by atomic mass is 32.2. The van der Waals surface area contributed by atoms with Gasteiger partial charge < -0.3 is 14.6 Å². The van der Waals surface area contributed by atoms with Crippen molar-refractivity contribution >= 4 is 11.8 Å². The van der Waals surface area contributed by atoms with Gasteiger partial charge in [-0.15, -0.1) is 0 Å². The lowest BCUT2D eigenvalue weighted by molar-refractivity contribution is 0.411. The molecule has 2 aromatic rings. The third-order valence-corrected chi connectivity index (χ3v) is 4.56. The summed E-state index contributed by atoms with van der Waals surface area (Å²) in [5.74, 6) is 1.78. The SMILES string of the molecule is CCNC(C)c1ccc(OC)c(CSc2nccn2C)c1. The number of hydrogen-bond acceptors (Lipinski definition) is 4. The number of nitrogens with one attached hydrogen (secondary N) is 1. The molecular weight excluding hydrogens is 282 g/mol. The fourth-order valence-corrected chi connectivity index (χ4v) is 3.15. The van der Waals surface area contributed by atoms with Crippen LogP contribution in [0.3, 0.4) is 0 Å². The molecule has 1 unspecified atom stereocenters. The van der Waals surface area contributed by atoms with Crippen molar-refractivity contribution in [3.05, 3.63) is 41.7 Å². The molecule has 21 heavy (non-hydrogen) atoms. The van der Waals surface area contributed by atoms with Gasteiger partial charge >= 0.3 is 0 Å². The Bertz CT molecular complexity index is 583. The van der Waals surface area contributed by atoms with Gasteiger partial charge in [-0.3, -0.25) is 0 Å². The van der Waals surface area contributed by atoms with Crippen molar-refractivity contribution in [2.75, 3.05) is 13.7 Å². The summed E-state index contributed by atoms with van der Waals surface area (Å²) in [5.41, 5.74) is 2.49. The molecule has 1 aromatic carbocycles. The number of thioether (sulfide) groups is 1. The first-order valence-electron chi connectivity index (χ1n) is 7.16. The number of nitrogens with zero attached hydrogens (tertiary/aromatic N) is 2. The number of benzene rings is 1. The number of imidazole rings is 1. The van der Waals surface area contributed by atoms with Gasteiger partial charge in [0.05, 0.1) is 7.11 Å². The lowest BCUT2D eigenvalue weighted by Gasteiger charge is -2.16. The molecule has 4 nitrogen and oxygen atoms in total. The lowest BCUT2D eigenvalue weighted by atomic mass is 10.0. The van der Waals surface area contributed by atoms with Gasteiger partial charge in [-0.25, -0.2) is 4.98 Å². The maximum Gasteiger partial charge on any atom is 0.167 e. The molecule has 0 radical (unpaired) electrons. The molecule has 1 aromatic heterocycles. The fraction of sp³-hybridized carbons (Fsp3) is 0.438. The molecule has 0 aliphatic rings. The summed E-state index contributed by atoms with van der Waals surface area (Å²) in [6.45, 7) is 5.27. The Labute approximate surface area is 130 Å². The minimum Gasteiger partial charge on any atom is -0.496 e. The van der Waals surface area contributed by atoms with Crippen LogP contribution in [0.15, 0.2) is 35.7 Å². The quantitative estimate of drug-likeness (QED) is 0.796. The molecule has 1 heterocycles. The molecule has 114 valence electrons. The largest absolute Gasteiger partial charge is 0.496 e. The smallest absolute Gasteiger partial charge is 0.167 e. The summed E-state index contributed by atoms with van der Waals surface area (Å²) in [4.78, 5) is 4.35. The van der Waals surface area contributed by atoms with Crippen LogP contribution in [0.2, 0.25) is 0 Å². The van der Waals surface area contributed by atoms with E-state index >= 15 is 0 Å². The van der Waals surface area contributed by atoms with Gasteiger partial charge in [0.25, 0.3) is 0 Å². The molecule has 0 spiro atoms. The Kier molecular flexibility index (Phi) is 5.70. The number of hydrogen-bond donors (Lipinski definition) is 1. The zero-order chi connectivity index (χ0) is 15.2. The van der Waals surface area contributed by atoms with Crippen molar-refractivity contribution in [3.63, 3.8) is 0 Å².